The fourth-order valence-corrected chi connectivity index (χ4v) is 3.69. The molecule has 2 atom stereocenters. The zero-order chi connectivity index (χ0) is 23.8. The predicted octanol–water partition coefficient (Wildman–Crippen LogP) is 5.89. The first kappa shape index (κ1) is 27.2. The molecule has 0 spiro atoms. The van der Waals surface area contributed by atoms with E-state index in [0.29, 0.717) is 18.6 Å². The van der Waals surface area contributed by atoms with Gasteiger partial charge in [0.15, 0.2) is 0 Å². The maximum absolute atomic E-state index is 12.9. The Morgan fingerprint density at radius 2 is 1.59 bits per heavy atom. The Kier molecular flexibility index (Phi) is 9.96. The van der Waals surface area contributed by atoms with Gasteiger partial charge in [-0.1, -0.05) is 54.6 Å². The molecule has 0 bridgehead atoms. The minimum absolute atomic E-state index is 0. The van der Waals surface area contributed by atoms with Crippen LogP contribution in [0.5, 0.6) is 5.75 Å². The number of hydrogen-bond acceptors (Lipinski definition) is 3. The number of likely N-dealkylation sites (N-methyl/N-ethyl adjacent to an activating group) is 1. The first-order valence-corrected chi connectivity index (χ1v) is 10.6. The van der Waals surface area contributed by atoms with E-state index in [9.17, 15) is 18.0 Å². The molecule has 0 saturated carbocycles. The summed E-state index contributed by atoms with van der Waals surface area (Å²) in [4.78, 5) is 12.7. The van der Waals surface area contributed by atoms with Gasteiger partial charge in [0.25, 0.3) is 0 Å². The summed E-state index contributed by atoms with van der Waals surface area (Å²) in [6.07, 6.45) is -3.26. The van der Waals surface area contributed by atoms with Crippen LogP contribution in [0.1, 0.15) is 40.8 Å². The number of carbonyl (C=O) groups excluding carboxylic acids is 1. The van der Waals surface area contributed by atoms with Crippen LogP contribution in [-0.4, -0.2) is 20.1 Å². The molecular weight excluding hydrogens is 465 g/mol. The fraction of sp³-hybridized carbons (Fsp3) is 0.269. The smallest absolute Gasteiger partial charge is 0.416 e. The second kappa shape index (κ2) is 12.4. The molecule has 0 aliphatic heterocycles. The first-order valence-electron chi connectivity index (χ1n) is 10.6. The van der Waals surface area contributed by atoms with Crippen LogP contribution in [0.3, 0.4) is 0 Å². The molecule has 0 aromatic heterocycles. The van der Waals surface area contributed by atoms with Crippen molar-refractivity contribution in [1.29, 1.82) is 0 Å². The van der Waals surface area contributed by atoms with Crippen molar-refractivity contribution in [3.05, 3.63) is 101 Å². The number of aryl methyl sites for hydroxylation is 1. The summed E-state index contributed by atoms with van der Waals surface area (Å²) in [6.45, 7) is 0. The zero-order valence-electron chi connectivity index (χ0n) is 18.9. The van der Waals surface area contributed by atoms with Crippen molar-refractivity contribution in [1.82, 2.24) is 10.6 Å². The highest BCUT2D eigenvalue weighted by Gasteiger charge is 2.30. The fourth-order valence-electron chi connectivity index (χ4n) is 3.69. The van der Waals surface area contributed by atoms with Crippen molar-refractivity contribution in [2.45, 2.75) is 31.1 Å². The maximum atomic E-state index is 12.9. The van der Waals surface area contributed by atoms with E-state index in [0.717, 1.165) is 28.8 Å². The molecule has 182 valence electrons. The molecule has 3 aromatic rings. The summed E-state index contributed by atoms with van der Waals surface area (Å²) in [6, 6.07) is 21.3. The number of alkyl halides is 3. The van der Waals surface area contributed by atoms with E-state index in [2.05, 4.69) is 10.6 Å². The Morgan fingerprint density at radius 3 is 2.18 bits per heavy atom. The van der Waals surface area contributed by atoms with E-state index < -0.39 is 17.8 Å². The Labute approximate surface area is 203 Å². The molecule has 34 heavy (non-hydrogen) atoms. The molecule has 1 unspecified atom stereocenters. The topological polar surface area (TPSA) is 50.4 Å². The molecule has 2 N–H and O–H groups in total. The van der Waals surface area contributed by atoms with Gasteiger partial charge in [0.1, 0.15) is 11.8 Å². The second-order valence-corrected chi connectivity index (χ2v) is 7.69. The molecule has 0 aliphatic carbocycles. The first-order chi connectivity index (χ1) is 15.8. The molecule has 1 amide bonds. The minimum atomic E-state index is -4.36. The largest absolute Gasteiger partial charge is 0.497 e. The predicted molar refractivity (Wildman–Crippen MR) is 129 cm³/mol. The van der Waals surface area contributed by atoms with Gasteiger partial charge in [0.2, 0.25) is 5.91 Å². The SMILES string of the molecule is CNC(=O)C(N[C@H](CCc1ccc(C(F)(F)F)cc1)c1cccc(OC)c1)c1ccccc1.Cl. The van der Waals surface area contributed by atoms with Crippen molar-refractivity contribution in [3.63, 3.8) is 0 Å². The highest BCUT2D eigenvalue weighted by molar-refractivity contribution is 5.85. The number of ether oxygens (including phenoxy) is 1. The van der Waals surface area contributed by atoms with Gasteiger partial charge in [0, 0.05) is 13.1 Å². The van der Waals surface area contributed by atoms with Crippen molar-refractivity contribution in [3.8, 4) is 5.75 Å². The average molecular weight is 493 g/mol. The van der Waals surface area contributed by atoms with E-state index in [1.165, 1.54) is 12.1 Å². The quantitative estimate of drug-likeness (QED) is 0.392. The lowest BCUT2D eigenvalue weighted by atomic mass is 9.96. The Morgan fingerprint density at radius 1 is 0.941 bits per heavy atom. The molecule has 3 rings (SSSR count). The van der Waals surface area contributed by atoms with Crippen molar-refractivity contribution in [2.75, 3.05) is 14.2 Å². The number of hydrogen-bond donors (Lipinski definition) is 2. The van der Waals surface area contributed by atoms with Gasteiger partial charge in [-0.3, -0.25) is 10.1 Å². The monoisotopic (exact) mass is 492 g/mol. The van der Waals surface area contributed by atoms with Crippen LogP contribution in [0.4, 0.5) is 13.2 Å². The minimum Gasteiger partial charge on any atom is -0.497 e. The average Bonchev–Trinajstić information content (AvgIpc) is 2.84. The lowest BCUT2D eigenvalue weighted by Gasteiger charge is -2.26. The van der Waals surface area contributed by atoms with Gasteiger partial charge in [0.05, 0.1) is 12.7 Å². The zero-order valence-corrected chi connectivity index (χ0v) is 19.7. The number of nitrogens with one attached hydrogen (secondary N) is 2. The van der Waals surface area contributed by atoms with Crippen molar-refractivity contribution in [2.24, 2.45) is 0 Å². The summed E-state index contributed by atoms with van der Waals surface area (Å²) >= 11 is 0. The molecule has 0 fully saturated rings. The Hall–Kier alpha value is -3.03. The lowest BCUT2D eigenvalue weighted by molar-refractivity contribution is -0.137. The molecule has 4 nitrogen and oxygen atoms in total. The Bertz CT molecular complexity index is 1040. The van der Waals surface area contributed by atoms with Crippen LogP contribution in [-0.2, 0) is 17.4 Å². The third-order valence-corrected chi connectivity index (χ3v) is 5.51. The third-order valence-electron chi connectivity index (χ3n) is 5.51. The highest BCUT2D eigenvalue weighted by atomic mass is 35.5. The van der Waals surface area contributed by atoms with Gasteiger partial charge < -0.3 is 10.1 Å². The highest BCUT2D eigenvalue weighted by Crippen LogP contribution is 2.30. The molecule has 0 radical (unpaired) electrons. The summed E-state index contributed by atoms with van der Waals surface area (Å²) in [7, 11) is 3.17. The van der Waals surface area contributed by atoms with Crippen LogP contribution in [0.15, 0.2) is 78.9 Å². The van der Waals surface area contributed by atoms with Crippen LogP contribution in [0.2, 0.25) is 0 Å². The van der Waals surface area contributed by atoms with Gasteiger partial charge in [-0.05, 0) is 53.8 Å². The maximum Gasteiger partial charge on any atom is 0.416 e. The normalized spacial score (nSPS) is 12.9. The molecule has 8 heteroatoms. The second-order valence-electron chi connectivity index (χ2n) is 7.69. The summed E-state index contributed by atoms with van der Waals surface area (Å²) in [5.74, 6) is 0.508. The van der Waals surface area contributed by atoms with Crippen LogP contribution in [0.25, 0.3) is 0 Å². The molecular formula is C26H28ClF3N2O2. The van der Waals surface area contributed by atoms with Crippen LogP contribution >= 0.6 is 12.4 Å². The van der Waals surface area contributed by atoms with Crippen molar-refractivity contribution >= 4 is 18.3 Å². The van der Waals surface area contributed by atoms with E-state index in [4.69, 9.17) is 4.74 Å². The van der Waals surface area contributed by atoms with Gasteiger partial charge in [-0.15, -0.1) is 12.4 Å². The number of amides is 1. The van der Waals surface area contributed by atoms with E-state index in [1.54, 1.807) is 14.2 Å². The van der Waals surface area contributed by atoms with E-state index >= 15 is 0 Å². The van der Waals surface area contributed by atoms with Gasteiger partial charge in [-0.2, -0.15) is 13.2 Å². The number of methoxy groups -OCH3 is 1. The van der Waals surface area contributed by atoms with E-state index in [-0.39, 0.29) is 24.4 Å². The standard InChI is InChI=1S/C26H27F3N2O2.ClH/c1-30-25(32)24(19-7-4-3-5-8-19)31-23(20-9-6-10-22(17-20)33-2)16-13-18-11-14-21(15-12-18)26(27,28)29;/h3-12,14-15,17,23-24,31H,13,16H2,1-2H3,(H,30,32);1H/t23-,24?;/m1./s1. The summed E-state index contributed by atoms with van der Waals surface area (Å²) in [5.41, 5.74) is 1.86. The van der Waals surface area contributed by atoms with Crippen molar-refractivity contribution < 1.29 is 22.7 Å². The summed E-state index contributed by atoms with van der Waals surface area (Å²) in [5, 5.41) is 6.15. The molecule has 0 heterocycles. The van der Waals surface area contributed by atoms with Crippen LogP contribution < -0.4 is 15.4 Å². The lowest BCUT2D eigenvalue weighted by Crippen LogP contribution is -2.38. The molecule has 0 aliphatic rings. The number of carbonyl (C=O) groups is 1. The van der Waals surface area contributed by atoms with Gasteiger partial charge in [-0.25, -0.2) is 0 Å². The van der Waals surface area contributed by atoms with E-state index in [1.807, 2.05) is 54.6 Å². The Balaban J connectivity index is 0.00000408. The molecule has 0 saturated heterocycles. The summed E-state index contributed by atoms with van der Waals surface area (Å²) < 4.78 is 44.0. The third kappa shape index (κ3) is 7.23. The number of benzene rings is 3. The van der Waals surface area contributed by atoms with Gasteiger partial charge >= 0.3 is 6.18 Å². The van der Waals surface area contributed by atoms with Crippen LogP contribution in [0, 0.1) is 0 Å². The molecule has 3 aromatic carbocycles. The number of rotatable bonds is 9. The number of halogens is 4.